The van der Waals surface area contributed by atoms with Crippen molar-refractivity contribution in [3.8, 4) is 5.75 Å². The van der Waals surface area contributed by atoms with Crippen molar-refractivity contribution in [3.63, 3.8) is 0 Å². The fourth-order valence-electron chi connectivity index (χ4n) is 2.72. The van der Waals surface area contributed by atoms with Gasteiger partial charge in [0.15, 0.2) is 0 Å². The molecule has 28 heavy (non-hydrogen) atoms. The molecule has 0 radical (unpaired) electrons. The number of methoxy groups -OCH3 is 1. The lowest BCUT2D eigenvalue weighted by Gasteiger charge is -2.11. The minimum Gasteiger partial charge on any atom is -0.496 e. The van der Waals surface area contributed by atoms with E-state index >= 15 is 0 Å². The summed E-state index contributed by atoms with van der Waals surface area (Å²) in [7, 11) is 1.58. The van der Waals surface area contributed by atoms with Crippen LogP contribution in [0.15, 0.2) is 78.9 Å². The van der Waals surface area contributed by atoms with E-state index in [4.69, 9.17) is 4.74 Å². The van der Waals surface area contributed by atoms with Crippen LogP contribution >= 0.6 is 0 Å². The number of ether oxygens (including phenoxy) is 1. The van der Waals surface area contributed by atoms with Crippen molar-refractivity contribution in [3.05, 3.63) is 84.4 Å². The zero-order valence-corrected chi connectivity index (χ0v) is 15.4. The summed E-state index contributed by atoms with van der Waals surface area (Å²) in [5.41, 5.74) is 2.67. The topological polar surface area (TPSA) is 79.5 Å². The van der Waals surface area contributed by atoms with Crippen LogP contribution in [0.2, 0.25) is 0 Å². The highest BCUT2D eigenvalue weighted by Crippen LogP contribution is 2.20. The van der Waals surface area contributed by atoms with Crippen LogP contribution in [0, 0.1) is 0 Å². The van der Waals surface area contributed by atoms with E-state index in [2.05, 4.69) is 16.0 Å². The number of carbonyl (C=O) groups excluding carboxylic acids is 2. The highest BCUT2D eigenvalue weighted by atomic mass is 16.5. The van der Waals surface area contributed by atoms with Gasteiger partial charge in [-0.3, -0.25) is 4.79 Å². The maximum atomic E-state index is 12.4. The molecule has 0 aliphatic heterocycles. The lowest BCUT2D eigenvalue weighted by Crippen LogP contribution is -2.19. The van der Waals surface area contributed by atoms with Crippen molar-refractivity contribution in [1.82, 2.24) is 0 Å². The average Bonchev–Trinajstić information content (AvgIpc) is 2.69. The van der Waals surface area contributed by atoms with E-state index in [1.165, 1.54) is 0 Å². The van der Waals surface area contributed by atoms with E-state index in [1.807, 2.05) is 42.5 Å². The Hall–Kier alpha value is -3.80. The maximum absolute atomic E-state index is 12.4. The van der Waals surface area contributed by atoms with Gasteiger partial charge in [-0.1, -0.05) is 42.5 Å². The lowest BCUT2D eigenvalue weighted by atomic mass is 10.1. The quantitative estimate of drug-likeness (QED) is 0.593. The van der Waals surface area contributed by atoms with Crippen molar-refractivity contribution in [2.24, 2.45) is 0 Å². The molecule has 0 atom stereocenters. The lowest BCUT2D eigenvalue weighted by molar-refractivity contribution is -0.115. The summed E-state index contributed by atoms with van der Waals surface area (Å²) in [5.74, 6) is 0.501. The normalized spacial score (nSPS) is 10.0. The fraction of sp³-hybridized carbons (Fsp3) is 0.0909. The number of nitrogens with one attached hydrogen (secondary N) is 3. The largest absolute Gasteiger partial charge is 0.496 e. The first-order chi connectivity index (χ1) is 13.6. The SMILES string of the molecule is COc1ccccc1CC(=O)Nc1cccc(NC(=O)Nc2ccccc2)c1. The molecule has 0 heterocycles. The van der Waals surface area contributed by atoms with Gasteiger partial charge in [-0.2, -0.15) is 0 Å². The van der Waals surface area contributed by atoms with Crippen LogP contribution in [-0.2, 0) is 11.2 Å². The molecule has 0 spiro atoms. The van der Waals surface area contributed by atoms with Gasteiger partial charge in [0.2, 0.25) is 5.91 Å². The maximum Gasteiger partial charge on any atom is 0.323 e. The molecule has 3 amide bonds. The summed E-state index contributed by atoms with van der Waals surface area (Å²) in [5, 5.41) is 8.33. The van der Waals surface area contributed by atoms with Gasteiger partial charge in [0, 0.05) is 22.6 Å². The Labute approximate surface area is 163 Å². The van der Waals surface area contributed by atoms with Crippen molar-refractivity contribution in [2.75, 3.05) is 23.1 Å². The van der Waals surface area contributed by atoms with E-state index in [-0.39, 0.29) is 18.4 Å². The summed E-state index contributed by atoms with van der Waals surface area (Å²) in [6.07, 6.45) is 0.191. The molecule has 0 unspecified atom stereocenters. The summed E-state index contributed by atoms with van der Waals surface area (Å²) in [6.45, 7) is 0. The van der Waals surface area contributed by atoms with Crippen LogP contribution in [0.4, 0.5) is 21.9 Å². The second-order valence-corrected chi connectivity index (χ2v) is 6.06. The number of carbonyl (C=O) groups is 2. The Balaban J connectivity index is 1.59. The zero-order chi connectivity index (χ0) is 19.8. The Bertz CT molecular complexity index is 958. The number of anilines is 3. The first-order valence-corrected chi connectivity index (χ1v) is 8.79. The molecule has 3 rings (SSSR count). The average molecular weight is 375 g/mol. The van der Waals surface area contributed by atoms with Gasteiger partial charge in [0.05, 0.1) is 13.5 Å². The van der Waals surface area contributed by atoms with Crippen molar-refractivity contribution < 1.29 is 14.3 Å². The molecule has 0 saturated heterocycles. The number of rotatable bonds is 6. The molecule has 0 aliphatic rings. The van der Waals surface area contributed by atoms with E-state index in [0.29, 0.717) is 22.8 Å². The Kier molecular flexibility index (Phi) is 6.25. The third-order valence-corrected chi connectivity index (χ3v) is 3.98. The Morgan fingerprint density at radius 2 is 1.36 bits per heavy atom. The highest BCUT2D eigenvalue weighted by Gasteiger charge is 2.09. The molecular formula is C22H21N3O3. The van der Waals surface area contributed by atoms with E-state index in [9.17, 15) is 9.59 Å². The Morgan fingerprint density at radius 1 is 0.750 bits per heavy atom. The van der Waals surface area contributed by atoms with Gasteiger partial charge in [-0.05, 0) is 36.4 Å². The molecule has 0 bridgehead atoms. The number of amides is 3. The van der Waals surface area contributed by atoms with Gasteiger partial charge in [0.25, 0.3) is 0 Å². The molecule has 142 valence electrons. The smallest absolute Gasteiger partial charge is 0.323 e. The van der Waals surface area contributed by atoms with Crippen LogP contribution in [0.25, 0.3) is 0 Å². The van der Waals surface area contributed by atoms with E-state index in [1.54, 1.807) is 43.5 Å². The van der Waals surface area contributed by atoms with Crippen molar-refractivity contribution in [2.45, 2.75) is 6.42 Å². The Morgan fingerprint density at radius 3 is 2.11 bits per heavy atom. The third-order valence-electron chi connectivity index (χ3n) is 3.98. The summed E-state index contributed by atoms with van der Waals surface area (Å²) >= 11 is 0. The molecule has 0 fully saturated rings. The summed E-state index contributed by atoms with van der Waals surface area (Å²) in [6, 6.07) is 23.2. The van der Waals surface area contributed by atoms with Crippen LogP contribution in [0.1, 0.15) is 5.56 Å². The molecule has 6 nitrogen and oxygen atoms in total. The zero-order valence-electron chi connectivity index (χ0n) is 15.4. The number of benzene rings is 3. The number of urea groups is 1. The van der Waals surface area contributed by atoms with E-state index in [0.717, 1.165) is 5.56 Å². The molecular weight excluding hydrogens is 354 g/mol. The van der Waals surface area contributed by atoms with Crippen LogP contribution in [0.3, 0.4) is 0 Å². The highest BCUT2D eigenvalue weighted by molar-refractivity contribution is 6.00. The predicted octanol–water partition coefficient (Wildman–Crippen LogP) is 4.52. The molecule has 6 heteroatoms. The van der Waals surface area contributed by atoms with Crippen LogP contribution < -0.4 is 20.7 Å². The minimum absolute atomic E-state index is 0.171. The van der Waals surface area contributed by atoms with E-state index < -0.39 is 0 Å². The van der Waals surface area contributed by atoms with Crippen LogP contribution in [-0.4, -0.2) is 19.0 Å². The fourth-order valence-corrected chi connectivity index (χ4v) is 2.72. The number of para-hydroxylation sites is 2. The second kappa shape index (κ2) is 9.23. The second-order valence-electron chi connectivity index (χ2n) is 6.06. The molecule has 0 aromatic heterocycles. The van der Waals surface area contributed by atoms with Gasteiger partial charge in [-0.15, -0.1) is 0 Å². The molecule has 3 N–H and O–H groups in total. The van der Waals surface area contributed by atoms with Gasteiger partial charge < -0.3 is 20.7 Å². The third kappa shape index (κ3) is 5.35. The summed E-state index contributed by atoms with van der Waals surface area (Å²) in [4.78, 5) is 24.5. The summed E-state index contributed by atoms with van der Waals surface area (Å²) < 4.78 is 5.27. The molecule has 0 aliphatic carbocycles. The minimum atomic E-state index is -0.358. The van der Waals surface area contributed by atoms with Crippen LogP contribution in [0.5, 0.6) is 5.75 Å². The first-order valence-electron chi connectivity index (χ1n) is 8.79. The van der Waals surface area contributed by atoms with Gasteiger partial charge >= 0.3 is 6.03 Å². The van der Waals surface area contributed by atoms with Gasteiger partial charge in [0.1, 0.15) is 5.75 Å². The molecule has 3 aromatic carbocycles. The molecule has 0 saturated carbocycles. The van der Waals surface area contributed by atoms with Crippen molar-refractivity contribution >= 4 is 29.0 Å². The standard InChI is InChI=1S/C22H21N3O3/c1-28-20-13-6-5-8-16(20)14-21(26)23-18-11-7-12-19(15-18)25-22(27)24-17-9-3-2-4-10-17/h2-13,15H,14H2,1H3,(H,23,26)(H2,24,25,27). The first kappa shape index (κ1) is 19.0. The van der Waals surface area contributed by atoms with Gasteiger partial charge in [-0.25, -0.2) is 4.79 Å². The van der Waals surface area contributed by atoms with Crippen molar-refractivity contribution in [1.29, 1.82) is 0 Å². The predicted molar refractivity (Wildman–Crippen MR) is 111 cm³/mol. The molecule has 3 aromatic rings. The number of hydrogen-bond acceptors (Lipinski definition) is 3. The number of hydrogen-bond donors (Lipinski definition) is 3. The monoisotopic (exact) mass is 375 g/mol.